The lowest BCUT2D eigenvalue weighted by Gasteiger charge is -2.12. The Kier molecular flexibility index (Phi) is 4.65. The fourth-order valence-electron chi connectivity index (χ4n) is 1.73. The first-order valence-electron chi connectivity index (χ1n) is 5.90. The summed E-state index contributed by atoms with van der Waals surface area (Å²) in [5, 5.41) is 3.12. The average Bonchev–Trinajstić information content (AvgIpc) is 2.41. The van der Waals surface area contributed by atoms with Gasteiger partial charge in [-0.25, -0.2) is 14.2 Å². The lowest BCUT2D eigenvalue weighted by atomic mass is 10.2. The van der Waals surface area contributed by atoms with Crippen molar-refractivity contribution in [3.63, 3.8) is 0 Å². The summed E-state index contributed by atoms with van der Waals surface area (Å²) in [5.74, 6) is -0.832. The van der Waals surface area contributed by atoms with E-state index in [0.717, 1.165) is 0 Å². The van der Waals surface area contributed by atoms with Gasteiger partial charge in [-0.05, 0) is 36.8 Å². The fourth-order valence-corrected chi connectivity index (χ4v) is 2.25. The number of methoxy groups -OCH3 is 1. The number of nitrogens with one attached hydrogen (secondary N) is 1. The maximum absolute atomic E-state index is 13.3. The van der Waals surface area contributed by atoms with Gasteiger partial charge in [0.15, 0.2) is 0 Å². The molecule has 0 unspecified atom stereocenters. The highest BCUT2D eigenvalue weighted by molar-refractivity contribution is 6.36. The lowest BCUT2D eigenvalue weighted by Crippen LogP contribution is -2.08. The van der Waals surface area contributed by atoms with Crippen LogP contribution in [0.2, 0.25) is 10.2 Å². The van der Waals surface area contributed by atoms with Crippen molar-refractivity contribution in [1.29, 1.82) is 0 Å². The molecule has 0 fully saturated rings. The molecule has 1 aromatic heterocycles. The number of pyridine rings is 1. The van der Waals surface area contributed by atoms with Crippen LogP contribution in [0.5, 0.6) is 0 Å². The van der Waals surface area contributed by atoms with Gasteiger partial charge < -0.3 is 10.1 Å². The molecule has 0 bridgehead atoms. The van der Waals surface area contributed by atoms with Gasteiger partial charge in [-0.2, -0.15) is 0 Å². The van der Waals surface area contributed by atoms with Crippen molar-refractivity contribution in [2.75, 3.05) is 12.4 Å². The van der Waals surface area contributed by atoms with E-state index in [1.807, 2.05) is 0 Å². The highest BCUT2D eigenvalue weighted by Crippen LogP contribution is 2.29. The number of benzene rings is 1. The Morgan fingerprint density at radius 3 is 2.67 bits per heavy atom. The van der Waals surface area contributed by atoms with E-state index in [4.69, 9.17) is 23.2 Å². The van der Waals surface area contributed by atoms with Crippen LogP contribution in [0.15, 0.2) is 24.3 Å². The predicted octanol–water partition coefficient (Wildman–Crippen LogP) is 4.37. The van der Waals surface area contributed by atoms with Crippen LogP contribution in [-0.2, 0) is 4.74 Å². The first-order chi connectivity index (χ1) is 9.92. The number of hydrogen-bond acceptors (Lipinski definition) is 4. The molecule has 0 spiro atoms. The van der Waals surface area contributed by atoms with Gasteiger partial charge in [0.2, 0.25) is 0 Å². The third-order valence-electron chi connectivity index (χ3n) is 2.75. The molecule has 0 atom stereocenters. The molecule has 0 aliphatic heterocycles. The Labute approximate surface area is 130 Å². The highest BCUT2D eigenvalue weighted by Gasteiger charge is 2.19. The molecule has 0 saturated carbocycles. The molecule has 7 heteroatoms. The van der Waals surface area contributed by atoms with Crippen LogP contribution in [0.3, 0.4) is 0 Å². The molecule has 2 rings (SSSR count). The molecule has 0 aliphatic carbocycles. The van der Waals surface area contributed by atoms with E-state index in [1.165, 1.54) is 25.3 Å². The first kappa shape index (κ1) is 15.5. The van der Waals surface area contributed by atoms with Crippen molar-refractivity contribution in [1.82, 2.24) is 4.98 Å². The molecular formula is C14H11Cl2FN2O2. The summed E-state index contributed by atoms with van der Waals surface area (Å²) < 4.78 is 17.9. The number of aromatic nitrogens is 1. The van der Waals surface area contributed by atoms with Crippen LogP contribution >= 0.6 is 23.2 Å². The Hall–Kier alpha value is -1.85. The van der Waals surface area contributed by atoms with Crippen LogP contribution < -0.4 is 5.32 Å². The number of rotatable bonds is 3. The maximum Gasteiger partial charge on any atom is 0.343 e. The van der Waals surface area contributed by atoms with E-state index in [0.29, 0.717) is 11.3 Å². The molecule has 1 N–H and O–H groups in total. The number of hydrogen-bond donors (Lipinski definition) is 1. The third-order valence-corrected chi connectivity index (χ3v) is 3.24. The summed E-state index contributed by atoms with van der Waals surface area (Å²) in [4.78, 5) is 15.8. The van der Waals surface area contributed by atoms with Crippen molar-refractivity contribution in [2.45, 2.75) is 6.92 Å². The van der Waals surface area contributed by atoms with E-state index < -0.39 is 5.97 Å². The Bertz CT molecular complexity index is 708. The smallest absolute Gasteiger partial charge is 0.343 e. The number of esters is 1. The van der Waals surface area contributed by atoms with E-state index >= 15 is 0 Å². The van der Waals surface area contributed by atoms with Gasteiger partial charge in [0.1, 0.15) is 22.4 Å². The van der Waals surface area contributed by atoms with Crippen molar-refractivity contribution < 1.29 is 13.9 Å². The number of nitrogens with zero attached hydrogens (tertiary/aromatic N) is 1. The zero-order valence-electron chi connectivity index (χ0n) is 11.2. The molecule has 4 nitrogen and oxygen atoms in total. The van der Waals surface area contributed by atoms with Gasteiger partial charge >= 0.3 is 5.97 Å². The molecule has 110 valence electrons. The molecule has 0 radical (unpaired) electrons. The molecule has 2 aromatic rings. The SMILES string of the molecule is COC(=O)c1c(Cl)cc(Cl)nc1Nc1ccc(F)c(C)c1. The predicted molar refractivity (Wildman–Crippen MR) is 80.0 cm³/mol. The average molecular weight is 329 g/mol. The van der Waals surface area contributed by atoms with Crippen molar-refractivity contribution in [3.8, 4) is 0 Å². The zero-order chi connectivity index (χ0) is 15.6. The highest BCUT2D eigenvalue weighted by atomic mass is 35.5. The Balaban J connectivity index is 2.47. The second kappa shape index (κ2) is 6.28. The monoisotopic (exact) mass is 328 g/mol. The molecular weight excluding hydrogens is 318 g/mol. The normalized spacial score (nSPS) is 10.3. The number of carbonyl (C=O) groups is 1. The van der Waals surface area contributed by atoms with E-state index in [9.17, 15) is 9.18 Å². The summed E-state index contributed by atoms with van der Waals surface area (Å²) in [7, 11) is 1.24. The fraction of sp³-hybridized carbons (Fsp3) is 0.143. The number of carbonyl (C=O) groups excluding carboxylic acids is 1. The molecule has 1 heterocycles. The second-order valence-corrected chi connectivity index (χ2v) is 5.03. The van der Waals surface area contributed by atoms with Gasteiger partial charge in [-0.1, -0.05) is 23.2 Å². The largest absolute Gasteiger partial charge is 0.465 e. The Morgan fingerprint density at radius 1 is 1.33 bits per heavy atom. The number of aryl methyl sites for hydroxylation is 1. The van der Waals surface area contributed by atoms with Crippen LogP contribution in [0.1, 0.15) is 15.9 Å². The lowest BCUT2D eigenvalue weighted by molar-refractivity contribution is 0.0601. The number of ether oxygens (including phenoxy) is 1. The van der Waals surface area contributed by atoms with Crippen LogP contribution in [0, 0.1) is 12.7 Å². The molecule has 21 heavy (non-hydrogen) atoms. The number of anilines is 2. The van der Waals surface area contributed by atoms with E-state index in [-0.39, 0.29) is 27.4 Å². The van der Waals surface area contributed by atoms with Crippen LogP contribution in [0.4, 0.5) is 15.9 Å². The van der Waals surface area contributed by atoms with Gasteiger partial charge in [-0.15, -0.1) is 0 Å². The van der Waals surface area contributed by atoms with Crippen LogP contribution in [0.25, 0.3) is 0 Å². The van der Waals surface area contributed by atoms with Gasteiger partial charge in [0.05, 0.1) is 12.1 Å². The van der Waals surface area contributed by atoms with Gasteiger partial charge in [-0.3, -0.25) is 0 Å². The Morgan fingerprint density at radius 2 is 2.05 bits per heavy atom. The molecule has 0 saturated heterocycles. The minimum absolute atomic E-state index is 0.0607. The minimum atomic E-state index is -0.648. The maximum atomic E-state index is 13.3. The number of halogens is 3. The summed E-state index contributed by atoms with van der Waals surface area (Å²) in [6.07, 6.45) is 0. The second-order valence-electron chi connectivity index (χ2n) is 4.23. The first-order valence-corrected chi connectivity index (χ1v) is 6.65. The molecule has 1 aromatic carbocycles. The standard InChI is InChI=1S/C14H11Cl2FN2O2/c1-7-5-8(3-4-10(7)17)18-13-12(14(20)21-2)9(15)6-11(16)19-13/h3-6H,1-2H3,(H,18,19). The van der Waals surface area contributed by atoms with Crippen molar-refractivity contribution in [3.05, 3.63) is 51.4 Å². The molecule has 0 aliphatic rings. The quantitative estimate of drug-likeness (QED) is 0.671. The van der Waals surface area contributed by atoms with Gasteiger partial charge in [0, 0.05) is 5.69 Å². The van der Waals surface area contributed by atoms with Gasteiger partial charge in [0.25, 0.3) is 0 Å². The third kappa shape index (κ3) is 3.43. The molecule has 0 amide bonds. The topological polar surface area (TPSA) is 51.2 Å². The summed E-state index contributed by atoms with van der Waals surface area (Å²) in [6.45, 7) is 1.63. The van der Waals surface area contributed by atoms with E-state index in [1.54, 1.807) is 13.0 Å². The minimum Gasteiger partial charge on any atom is -0.465 e. The van der Waals surface area contributed by atoms with E-state index in [2.05, 4.69) is 15.0 Å². The van der Waals surface area contributed by atoms with Crippen molar-refractivity contribution in [2.24, 2.45) is 0 Å². The summed E-state index contributed by atoms with van der Waals surface area (Å²) >= 11 is 11.9. The summed E-state index contributed by atoms with van der Waals surface area (Å²) in [6, 6.07) is 5.74. The van der Waals surface area contributed by atoms with Crippen molar-refractivity contribution >= 4 is 40.7 Å². The zero-order valence-corrected chi connectivity index (χ0v) is 12.7. The van der Waals surface area contributed by atoms with Crippen LogP contribution in [-0.4, -0.2) is 18.1 Å². The summed E-state index contributed by atoms with van der Waals surface area (Å²) in [5.41, 5.74) is 1.06.